The lowest BCUT2D eigenvalue weighted by Crippen LogP contribution is -1.65. The van der Waals surface area contributed by atoms with Gasteiger partial charge in [0.05, 0.1) is 0 Å². The highest BCUT2D eigenvalue weighted by Crippen LogP contribution is 1.95. The molecule has 0 aliphatic carbocycles. The molecule has 0 nitrogen and oxygen atoms in total. The quantitative estimate of drug-likeness (QED) is 0.402. The molecule has 0 aliphatic rings. The van der Waals surface area contributed by atoms with Gasteiger partial charge in [-0.2, -0.15) is 0 Å². The molecule has 0 aromatic rings. The van der Waals surface area contributed by atoms with Gasteiger partial charge in [-0.15, -0.1) is 0 Å². The Hall–Kier alpha value is -0.520. The standard InChI is InChI=1S/C10H17/c1-3-5-7-9-10-8-6-4-2/h4,6-7,9H,1,3,5,8,10H2,2H3/b6-4+,9-7+. The summed E-state index contributed by atoms with van der Waals surface area (Å²) in [7, 11) is 0. The molecule has 0 aliphatic heterocycles. The SMILES string of the molecule is [CH2]CC/C=C/CC/C=C/C. The zero-order chi connectivity index (χ0) is 7.66. The van der Waals surface area contributed by atoms with E-state index in [9.17, 15) is 0 Å². The van der Waals surface area contributed by atoms with Gasteiger partial charge in [0.1, 0.15) is 0 Å². The first kappa shape index (κ1) is 9.48. The fourth-order valence-electron chi connectivity index (χ4n) is 0.713. The van der Waals surface area contributed by atoms with Crippen LogP contribution in [0, 0.1) is 6.92 Å². The minimum atomic E-state index is 1.01. The Morgan fingerprint density at radius 3 is 2.20 bits per heavy atom. The summed E-state index contributed by atoms with van der Waals surface area (Å²) >= 11 is 0. The van der Waals surface area contributed by atoms with Crippen LogP contribution in [0.15, 0.2) is 24.3 Å². The molecule has 0 aromatic heterocycles. The monoisotopic (exact) mass is 137 g/mol. The Balaban J connectivity index is 3.02. The van der Waals surface area contributed by atoms with Gasteiger partial charge >= 0.3 is 0 Å². The Labute approximate surface area is 64.6 Å². The molecule has 0 saturated carbocycles. The lowest BCUT2D eigenvalue weighted by Gasteiger charge is -1.85. The maximum absolute atomic E-state index is 3.75. The Bertz CT molecular complexity index is 98.6. The maximum atomic E-state index is 3.75. The van der Waals surface area contributed by atoms with Gasteiger partial charge in [0.15, 0.2) is 0 Å². The molecule has 0 N–H and O–H groups in total. The minimum absolute atomic E-state index is 1.01. The normalized spacial score (nSPS) is 11.8. The van der Waals surface area contributed by atoms with E-state index in [1.807, 2.05) is 0 Å². The summed E-state index contributed by atoms with van der Waals surface area (Å²) in [6.07, 6.45) is 13.2. The molecule has 0 saturated heterocycles. The average Bonchev–Trinajstić information content (AvgIpc) is 1.97. The first-order valence-electron chi connectivity index (χ1n) is 3.97. The van der Waals surface area contributed by atoms with Crippen LogP contribution < -0.4 is 0 Å². The first-order valence-corrected chi connectivity index (χ1v) is 3.97. The molecule has 10 heavy (non-hydrogen) atoms. The zero-order valence-corrected chi connectivity index (χ0v) is 6.84. The summed E-state index contributed by atoms with van der Waals surface area (Å²) < 4.78 is 0. The Morgan fingerprint density at radius 1 is 1.00 bits per heavy atom. The maximum Gasteiger partial charge on any atom is -0.0316 e. The van der Waals surface area contributed by atoms with Crippen molar-refractivity contribution in [1.29, 1.82) is 0 Å². The largest absolute Gasteiger partial charge is 0.0917 e. The molecular weight excluding hydrogens is 120 g/mol. The zero-order valence-electron chi connectivity index (χ0n) is 6.84. The molecule has 0 bridgehead atoms. The number of allylic oxidation sites excluding steroid dienone is 4. The lowest BCUT2D eigenvalue weighted by molar-refractivity contribution is 1.00. The fourth-order valence-corrected chi connectivity index (χ4v) is 0.713. The van der Waals surface area contributed by atoms with E-state index in [0.29, 0.717) is 0 Å². The van der Waals surface area contributed by atoms with Gasteiger partial charge in [0.2, 0.25) is 0 Å². The molecule has 0 aromatic carbocycles. The van der Waals surface area contributed by atoms with E-state index >= 15 is 0 Å². The van der Waals surface area contributed by atoms with Gasteiger partial charge in [-0.1, -0.05) is 31.2 Å². The van der Waals surface area contributed by atoms with Gasteiger partial charge in [0, 0.05) is 0 Å². The van der Waals surface area contributed by atoms with Gasteiger partial charge in [0.25, 0.3) is 0 Å². The van der Waals surface area contributed by atoms with E-state index in [1.54, 1.807) is 0 Å². The van der Waals surface area contributed by atoms with E-state index < -0.39 is 0 Å². The second-order valence-electron chi connectivity index (χ2n) is 2.26. The Kier molecular flexibility index (Phi) is 8.04. The van der Waals surface area contributed by atoms with Crippen molar-refractivity contribution in [3.8, 4) is 0 Å². The molecular formula is C10H17. The van der Waals surface area contributed by atoms with Crippen LogP contribution in [0.1, 0.15) is 32.6 Å². The van der Waals surface area contributed by atoms with Crippen LogP contribution in [-0.2, 0) is 0 Å². The van der Waals surface area contributed by atoms with Crippen LogP contribution >= 0.6 is 0 Å². The molecule has 0 atom stereocenters. The number of hydrogen-bond donors (Lipinski definition) is 0. The van der Waals surface area contributed by atoms with Crippen LogP contribution in [0.5, 0.6) is 0 Å². The molecule has 0 heterocycles. The van der Waals surface area contributed by atoms with E-state index in [-0.39, 0.29) is 0 Å². The third-order valence-electron chi connectivity index (χ3n) is 1.27. The van der Waals surface area contributed by atoms with Crippen LogP contribution in [0.25, 0.3) is 0 Å². The average molecular weight is 137 g/mol. The van der Waals surface area contributed by atoms with Crippen molar-refractivity contribution in [2.75, 3.05) is 0 Å². The molecule has 0 rings (SSSR count). The summed E-state index contributed by atoms with van der Waals surface area (Å²) in [4.78, 5) is 0. The van der Waals surface area contributed by atoms with Crippen LogP contribution in [0.4, 0.5) is 0 Å². The number of unbranched alkanes of at least 4 members (excludes halogenated alkanes) is 2. The molecule has 1 radical (unpaired) electrons. The molecule has 0 spiro atoms. The summed E-state index contributed by atoms with van der Waals surface area (Å²) in [5.41, 5.74) is 0. The fraction of sp³-hybridized carbons (Fsp3) is 0.500. The van der Waals surface area contributed by atoms with Crippen molar-refractivity contribution in [1.82, 2.24) is 0 Å². The highest BCUT2D eigenvalue weighted by Gasteiger charge is 1.74. The summed E-state index contributed by atoms with van der Waals surface area (Å²) in [6, 6.07) is 0. The predicted molar refractivity (Wildman–Crippen MR) is 47.8 cm³/mol. The van der Waals surface area contributed by atoms with Gasteiger partial charge in [-0.3, -0.25) is 0 Å². The third-order valence-corrected chi connectivity index (χ3v) is 1.27. The highest BCUT2D eigenvalue weighted by molar-refractivity contribution is 4.86. The van der Waals surface area contributed by atoms with Crippen molar-refractivity contribution < 1.29 is 0 Å². The van der Waals surface area contributed by atoms with E-state index in [2.05, 4.69) is 38.2 Å². The first-order chi connectivity index (χ1) is 4.91. The minimum Gasteiger partial charge on any atom is -0.0917 e. The topological polar surface area (TPSA) is 0 Å². The van der Waals surface area contributed by atoms with Crippen LogP contribution in [-0.4, -0.2) is 0 Å². The summed E-state index contributed by atoms with van der Waals surface area (Å²) in [5, 5.41) is 0. The Morgan fingerprint density at radius 2 is 1.60 bits per heavy atom. The van der Waals surface area contributed by atoms with Gasteiger partial charge < -0.3 is 0 Å². The van der Waals surface area contributed by atoms with Crippen LogP contribution in [0.3, 0.4) is 0 Å². The molecule has 57 valence electrons. The van der Waals surface area contributed by atoms with Crippen molar-refractivity contribution >= 4 is 0 Å². The van der Waals surface area contributed by atoms with Crippen molar-refractivity contribution in [2.45, 2.75) is 32.6 Å². The number of rotatable bonds is 5. The number of hydrogen-bond acceptors (Lipinski definition) is 0. The third kappa shape index (κ3) is 7.48. The second kappa shape index (κ2) is 8.48. The molecule has 0 amide bonds. The highest BCUT2D eigenvalue weighted by atomic mass is 13.8. The molecule has 0 fully saturated rings. The summed E-state index contributed by atoms with van der Waals surface area (Å²) in [6.45, 7) is 5.81. The van der Waals surface area contributed by atoms with Crippen molar-refractivity contribution in [3.05, 3.63) is 31.2 Å². The van der Waals surface area contributed by atoms with E-state index in [4.69, 9.17) is 0 Å². The van der Waals surface area contributed by atoms with Gasteiger partial charge in [-0.25, -0.2) is 0 Å². The lowest BCUT2D eigenvalue weighted by atomic mass is 10.2. The van der Waals surface area contributed by atoms with Crippen LogP contribution in [0.2, 0.25) is 0 Å². The summed E-state index contributed by atoms with van der Waals surface area (Å²) in [5.74, 6) is 0. The smallest absolute Gasteiger partial charge is 0.0316 e. The van der Waals surface area contributed by atoms with E-state index in [1.165, 1.54) is 12.8 Å². The van der Waals surface area contributed by atoms with Crippen molar-refractivity contribution in [2.24, 2.45) is 0 Å². The predicted octanol–water partition coefficient (Wildman–Crippen LogP) is 3.51. The van der Waals surface area contributed by atoms with E-state index in [0.717, 1.165) is 12.8 Å². The van der Waals surface area contributed by atoms with Gasteiger partial charge in [-0.05, 0) is 32.6 Å². The molecule has 0 heteroatoms. The van der Waals surface area contributed by atoms with Crippen molar-refractivity contribution in [3.63, 3.8) is 0 Å². The molecule has 0 unspecified atom stereocenters. The second-order valence-corrected chi connectivity index (χ2v) is 2.26.